The molecule has 0 spiro atoms. The fourth-order valence-electron chi connectivity index (χ4n) is 2.16. The molecule has 88 valence electrons. The average Bonchev–Trinajstić information content (AvgIpc) is 2.84. The van der Waals surface area contributed by atoms with Crippen LogP contribution >= 0.6 is 11.8 Å². The van der Waals surface area contributed by atoms with Crippen LogP contribution in [0.15, 0.2) is 24.3 Å². The molecule has 1 heterocycles. The summed E-state index contributed by atoms with van der Waals surface area (Å²) in [5.74, 6) is 9.62. The predicted octanol–water partition coefficient (Wildman–Crippen LogP) is 1.95. The Morgan fingerprint density at radius 1 is 1.56 bits per heavy atom. The average molecular weight is 238 g/mol. The van der Waals surface area contributed by atoms with Gasteiger partial charge in [-0.15, -0.1) is 0 Å². The van der Waals surface area contributed by atoms with Crippen molar-refractivity contribution in [3.8, 4) is 5.75 Å². The molecule has 2 atom stereocenters. The molecule has 2 unspecified atom stereocenters. The van der Waals surface area contributed by atoms with E-state index in [1.54, 1.807) is 7.11 Å². The maximum Gasteiger partial charge on any atom is 0.119 e. The number of hydrogen-bond acceptors (Lipinski definition) is 4. The number of methoxy groups -OCH3 is 1. The molecule has 4 heteroatoms. The third kappa shape index (κ3) is 2.51. The van der Waals surface area contributed by atoms with E-state index in [-0.39, 0.29) is 6.04 Å². The molecule has 0 saturated carbocycles. The van der Waals surface area contributed by atoms with Gasteiger partial charge in [0, 0.05) is 6.04 Å². The Bertz CT molecular complexity index is 340. The maximum atomic E-state index is 5.68. The van der Waals surface area contributed by atoms with E-state index >= 15 is 0 Å². The van der Waals surface area contributed by atoms with Crippen LogP contribution in [0.5, 0.6) is 5.75 Å². The van der Waals surface area contributed by atoms with Crippen molar-refractivity contribution >= 4 is 11.8 Å². The quantitative estimate of drug-likeness (QED) is 0.622. The fourth-order valence-corrected chi connectivity index (χ4v) is 3.45. The largest absolute Gasteiger partial charge is 0.497 e. The van der Waals surface area contributed by atoms with E-state index in [0.29, 0.717) is 5.92 Å². The Balaban J connectivity index is 2.18. The second-order valence-corrected chi connectivity index (χ2v) is 5.19. The van der Waals surface area contributed by atoms with Crippen LogP contribution in [0.3, 0.4) is 0 Å². The highest BCUT2D eigenvalue weighted by atomic mass is 32.2. The summed E-state index contributed by atoms with van der Waals surface area (Å²) in [7, 11) is 1.69. The summed E-state index contributed by atoms with van der Waals surface area (Å²) in [6.07, 6.45) is 1.23. The molecule has 1 aliphatic rings. The predicted molar refractivity (Wildman–Crippen MR) is 68.5 cm³/mol. The lowest BCUT2D eigenvalue weighted by Gasteiger charge is -2.22. The smallest absolute Gasteiger partial charge is 0.119 e. The molecule has 3 N–H and O–H groups in total. The van der Waals surface area contributed by atoms with Gasteiger partial charge in [0.2, 0.25) is 0 Å². The van der Waals surface area contributed by atoms with Crippen molar-refractivity contribution in [3.63, 3.8) is 0 Å². The fraction of sp³-hybridized carbons (Fsp3) is 0.500. The molecule has 0 aliphatic carbocycles. The van der Waals surface area contributed by atoms with E-state index in [4.69, 9.17) is 10.6 Å². The van der Waals surface area contributed by atoms with Gasteiger partial charge in [0.1, 0.15) is 5.75 Å². The molecule has 2 rings (SSSR count). The summed E-state index contributed by atoms with van der Waals surface area (Å²) in [6.45, 7) is 0. The molecule has 0 radical (unpaired) electrons. The SMILES string of the molecule is COc1cccc(C(NN)C2CCSC2)c1. The van der Waals surface area contributed by atoms with Crippen LogP contribution in [0.25, 0.3) is 0 Å². The Kier molecular flexibility index (Phi) is 4.09. The lowest BCUT2D eigenvalue weighted by molar-refractivity contribution is 0.392. The van der Waals surface area contributed by atoms with Gasteiger partial charge >= 0.3 is 0 Å². The van der Waals surface area contributed by atoms with E-state index in [9.17, 15) is 0 Å². The molecule has 1 aromatic carbocycles. The molecular formula is C12H18N2OS. The Hall–Kier alpha value is -0.710. The van der Waals surface area contributed by atoms with Gasteiger partial charge in [-0.3, -0.25) is 11.3 Å². The van der Waals surface area contributed by atoms with Crippen molar-refractivity contribution < 1.29 is 4.74 Å². The van der Waals surface area contributed by atoms with Crippen LogP contribution in [0, 0.1) is 5.92 Å². The van der Waals surface area contributed by atoms with Gasteiger partial charge in [-0.05, 0) is 41.5 Å². The Morgan fingerprint density at radius 3 is 3.06 bits per heavy atom. The number of ether oxygens (including phenoxy) is 1. The monoisotopic (exact) mass is 238 g/mol. The normalized spacial score (nSPS) is 22.0. The first kappa shape index (κ1) is 11.8. The van der Waals surface area contributed by atoms with Crippen molar-refractivity contribution in [2.75, 3.05) is 18.6 Å². The third-order valence-electron chi connectivity index (χ3n) is 3.07. The molecule has 3 nitrogen and oxygen atoms in total. The highest BCUT2D eigenvalue weighted by Crippen LogP contribution is 2.34. The molecule has 0 amide bonds. The molecule has 1 saturated heterocycles. The third-order valence-corrected chi connectivity index (χ3v) is 4.26. The number of thioether (sulfide) groups is 1. The van der Waals surface area contributed by atoms with Crippen molar-refractivity contribution in [1.29, 1.82) is 0 Å². The van der Waals surface area contributed by atoms with E-state index in [2.05, 4.69) is 17.6 Å². The van der Waals surface area contributed by atoms with Crippen molar-refractivity contribution in [2.45, 2.75) is 12.5 Å². The number of hydrogen-bond donors (Lipinski definition) is 2. The van der Waals surface area contributed by atoms with E-state index < -0.39 is 0 Å². The Labute approximate surface area is 101 Å². The van der Waals surface area contributed by atoms with Crippen molar-refractivity contribution in [2.24, 2.45) is 11.8 Å². The molecule has 0 aromatic heterocycles. The van der Waals surface area contributed by atoms with Gasteiger partial charge in [-0.25, -0.2) is 0 Å². The summed E-state index contributed by atoms with van der Waals surface area (Å²) in [4.78, 5) is 0. The second kappa shape index (κ2) is 5.57. The highest BCUT2D eigenvalue weighted by molar-refractivity contribution is 7.99. The van der Waals surface area contributed by atoms with Crippen LogP contribution in [-0.4, -0.2) is 18.6 Å². The summed E-state index contributed by atoms with van der Waals surface area (Å²) in [5, 5.41) is 0. The van der Waals surface area contributed by atoms with Crippen LogP contribution in [0.1, 0.15) is 18.0 Å². The number of nitrogens with two attached hydrogens (primary N) is 1. The van der Waals surface area contributed by atoms with Gasteiger partial charge < -0.3 is 4.74 Å². The first-order chi connectivity index (χ1) is 7.85. The number of rotatable bonds is 4. The van der Waals surface area contributed by atoms with Gasteiger partial charge in [0.05, 0.1) is 7.11 Å². The first-order valence-corrected chi connectivity index (χ1v) is 6.68. The molecule has 1 fully saturated rings. The summed E-state index contributed by atoms with van der Waals surface area (Å²) in [5.41, 5.74) is 4.16. The van der Waals surface area contributed by atoms with Crippen LogP contribution in [0.2, 0.25) is 0 Å². The van der Waals surface area contributed by atoms with E-state index in [1.807, 2.05) is 23.9 Å². The molecule has 16 heavy (non-hydrogen) atoms. The second-order valence-electron chi connectivity index (χ2n) is 4.04. The lowest BCUT2D eigenvalue weighted by Crippen LogP contribution is -2.33. The zero-order valence-electron chi connectivity index (χ0n) is 9.48. The van der Waals surface area contributed by atoms with Gasteiger partial charge in [0.15, 0.2) is 0 Å². The minimum atomic E-state index is 0.241. The molecule has 0 bridgehead atoms. The zero-order chi connectivity index (χ0) is 11.4. The topological polar surface area (TPSA) is 47.3 Å². The van der Waals surface area contributed by atoms with Crippen molar-refractivity contribution in [3.05, 3.63) is 29.8 Å². The number of benzene rings is 1. The summed E-state index contributed by atoms with van der Waals surface area (Å²) < 4.78 is 5.24. The van der Waals surface area contributed by atoms with Gasteiger partial charge in [-0.1, -0.05) is 12.1 Å². The van der Waals surface area contributed by atoms with Crippen molar-refractivity contribution in [1.82, 2.24) is 5.43 Å². The van der Waals surface area contributed by atoms with Gasteiger partial charge in [0.25, 0.3) is 0 Å². The van der Waals surface area contributed by atoms with Gasteiger partial charge in [-0.2, -0.15) is 11.8 Å². The summed E-state index contributed by atoms with van der Waals surface area (Å²) in [6, 6.07) is 8.38. The highest BCUT2D eigenvalue weighted by Gasteiger charge is 2.25. The first-order valence-electron chi connectivity index (χ1n) is 5.53. The minimum Gasteiger partial charge on any atom is -0.497 e. The number of nitrogens with one attached hydrogen (secondary N) is 1. The van der Waals surface area contributed by atoms with Crippen LogP contribution in [-0.2, 0) is 0 Å². The maximum absolute atomic E-state index is 5.68. The Morgan fingerprint density at radius 2 is 2.44 bits per heavy atom. The van der Waals surface area contributed by atoms with E-state index in [0.717, 1.165) is 5.75 Å². The van der Waals surface area contributed by atoms with Crippen LogP contribution in [0.4, 0.5) is 0 Å². The zero-order valence-corrected chi connectivity index (χ0v) is 10.3. The molecular weight excluding hydrogens is 220 g/mol. The number of hydrazine groups is 1. The minimum absolute atomic E-state index is 0.241. The van der Waals surface area contributed by atoms with Crippen LogP contribution < -0.4 is 16.0 Å². The van der Waals surface area contributed by atoms with E-state index in [1.165, 1.54) is 23.5 Å². The molecule has 1 aromatic rings. The summed E-state index contributed by atoms with van der Waals surface area (Å²) >= 11 is 2.00. The lowest BCUT2D eigenvalue weighted by atomic mass is 9.93. The molecule has 1 aliphatic heterocycles. The standard InChI is InChI=1S/C12H18N2OS/c1-15-11-4-2-3-9(7-11)12(14-13)10-5-6-16-8-10/h2-4,7,10,12,14H,5-6,8,13H2,1H3.